The molecule has 4 rings (SSSR count). The van der Waals surface area contributed by atoms with Gasteiger partial charge in [0.05, 0.1) is 17.6 Å². The van der Waals surface area contributed by atoms with Crippen molar-refractivity contribution in [3.8, 4) is 11.5 Å². The van der Waals surface area contributed by atoms with Crippen molar-refractivity contribution in [1.29, 1.82) is 0 Å². The molecule has 1 amide bonds. The van der Waals surface area contributed by atoms with Crippen molar-refractivity contribution < 1.29 is 47.9 Å². The van der Waals surface area contributed by atoms with Crippen LogP contribution >= 0.6 is 0 Å². The van der Waals surface area contributed by atoms with Gasteiger partial charge in [-0.25, -0.2) is 14.4 Å². The van der Waals surface area contributed by atoms with Gasteiger partial charge < -0.3 is 43.6 Å². The lowest BCUT2D eigenvalue weighted by Gasteiger charge is -2.47. The molecule has 0 unspecified atom stereocenters. The van der Waals surface area contributed by atoms with E-state index in [0.29, 0.717) is 0 Å². The SMILES string of the molecule is CCOC(=O)c1c(O)c2ccc(O[C@@H]3OC(C)(C)[C@H](OC)[C@H](OC(=O)NCc4ccccc4)[C@H]3O)c(C)c2oc1=O. The Morgan fingerprint density at radius 3 is 2.49 bits per heavy atom. The van der Waals surface area contributed by atoms with Crippen LogP contribution in [0.25, 0.3) is 11.0 Å². The normalized spacial score (nSPS) is 21.7. The number of ether oxygens (including phenoxy) is 5. The van der Waals surface area contributed by atoms with Gasteiger partial charge in [0, 0.05) is 19.2 Å². The van der Waals surface area contributed by atoms with Crippen molar-refractivity contribution in [2.75, 3.05) is 13.7 Å². The van der Waals surface area contributed by atoms with E-state index in [1.54, 1.807) is 27.7 Å². The zero-order valence-electron chi connectivity index (χ0n) is 23.3. The van der Waals surface area contributed by atoms with Crippen LogP contribution in [0.1, 0.15) is 42.3 Å². The number of amides is 1. The Bertz CT molecular complexity index is 1470. The van der Waals surface area contributed by atoms with Gasteiger partial charge in [0.1, 0.15) is 23.2 Å². The summed E-state index contributed by atoms with van der Waals surface area (Å²) in [7, 11) is 1.41. The molecule has 0 saturated carbocycles. The number of fused-ring (bicyclic) bond motifs is 1. The highest BCUT2D eigenvalue weighted by molar-refractivity contribution is 5.99. The summed E-state index contributed by atoms with van der Waals surface area (Å²) in [5, 5.41) is 24.6. The lowest BCUT2D eigenvalue weighted by Crippen LogP contribution is -2.65. The molecular weight excluding hydrogens is 538 g/mol. The number of carbonyl (C=O) groups excluding carboxylic acids is 2. The first-order chi connectivity index (χ1) is 19.5. The number of alkyl carbamates (subject to hydrolysis) is 1. The summed E-state index contributed by atoms with van der Waals surface area (Å²) in [5.74, 6) is -1.45. The molecule has 12 heteroatoms. The largest absolute Gasteiger partial charge is 0.506 e. The van der Waals surface area contributed by atoms with Crippen LogP contribution in [0.4, 0.5) is 4.79 Å². The van der Waals surface area contributed by atoms with E-state index < -0.39 is 59.2 Å². The highest BCUT2D eigenvalue weighted by Crippen LogP contribution is 2.37. The minimum Gasteiger partial charge on any atom is -0.506 e. The third-order valence-corrected chi connectivity index (χ3v) is 6.77. The predicted molar refractivity (Wildman–Crippen MR) is 145 cm³/mol. The number of rotatable bonds is 8. The first kappa shape index (κ1) is 29.8. The summed E-state index contributed by atoms with van der Waals surface area (Å²) in [5.41, 5.74) is -1.66. The molecule has 2 heterocycles. The van der Waals surface area contributed by atoms with E-state index in [1.165, 1.54) is 19.2 Å². The van der Waals surface area contributed by atoms with Gasteiger partial charge in [-0.3, -0.25) is 0 Å². The second kappa shape index (κ2) is 12.2. The number of methoxy groups -OCH3 is 1. The Balaban J connectivity index is 1.59. The molecule has 1 saturated heterocycles. The topological polar surface area (TPSA) is 163 Å². The van der Waals surface area contributed by atoms with Crippen LogP contribution in [0.2, 0.25) is 0 Å². The van der Waals surface area contributed by atoms with Crippen molar-refractivity contribution in [3.05, 3.63) is 69.6 Å². The van der Waals surface area contributed by atoms with Crippen LogP contribution in [0.5, 0.6) is 11.5 Å². The Labute approximate surface area is 235 Å². The molecule has 0 bridgehead atoms. The maximum Gasteiger partial charge on any atom is 0.407 e. The van der Waals surface area contributed by atoms with Gasteiger partial charge in [-0.15, -0.1) is 0 Å². The fourth-order valence-electron chi connectivity index (χ4n) is 4.75. The Morgan fingerprint density at radius 1 is 1.12 bits per heavy atom. The number of hydrogen-bond acceptors (Lipinski definition) is 11. The number of esters is 1. The molecule has 0 spiro atoms. The molecule has 0 radical (unpaired) electrons. The zero-order valence-corrected chi connectivity index (χ0v) is 23.3. The van der Waals surface area contributed by atoms with Gasteiger partial charge in [-0.05, 0) is 45.4 Å². The molecule has 0 aliphatic carbocycles. The average Bonchev–Trinajstić information content (AvgIpc) is 2.92. The average molecular weight is 572 g/mol. The van der Waals surface area contributed by atoms with Crippen LogP contribution in [0, 0.1) is 6.92 Å². The number of benzene rings is 2. The second-order valence-electron chi connectivity index (χ2n) is 9.96. The fourth-order valence-corrected chi connectivity index (χ4v) is 4.75. The predicted octanol–water partition coefficient (Wildman–Crippen LogP) is 3.17. The molecule has 3 N–H and O–H groups in total. The molecule has 1 aliphatic heterocycles. The second-order valence-corrected chi connectivity index (χ2v) is 9.96. The third-order valence-electron chi connectivity index (χ3n) is 6.77. The summed E-state index contributed by atoms with van der Waals surface area (Å²) in [4.78, 5) is 37.3. The summed E-state index contributed by atoms with van der Waals surface area (Å²) in [6, 6.07) is 12.1. The maximum atomic E-state index is 12.7. The molecule has 12 nitrogen and oxygen atoms in total. The van der Waals surface area contributed by atoms with Gasteiger partial charge in [-0.1, -0.05) is 30.3 Å². The van der Waals surface area contributed by atoms with Crippen LogP contribution < -0.4 is 15.7 Å². The monoisotopic (exact) mass is 571 g/mol. The molecule has 3 aromatic rings. The minimum atomic E-state index is -1.49. The van der Waals surface area contributed by atoms with E-state index in [-0.39, 0.29) is 35.4 Å². The number of hydrogen-bond donors (Lipinski definition) is 3. The summed E-state index contributed by atoms with van der Waals surface area (Å²) >= 11 is 0. The molecule has 1 aromatic heterocycles. The van der Waals surface area contributed by atoms with Gasteiger partial charge in [0.25, 0.3) is 0 Å². The summed E-state index contributed by atoms with van der Waals surface area (Å²) < 4.78 is 33.3. The summed E-state index contributed by atoms with van der Waals surface area (Å²) in [6.45, 7) is 6.74. The molecule has 220 valence electrons. The lowest BCUT2D eigenvalue weighted by atomic mass is 9.89. The van der Waals surface area contributed by atoms with Gasteiger partial charge in [-0.2, -0.15) is 0 Å². The van der Waals surface area contributed by atoms with Gasteiger partial charge in [0.2, 0.25) is 6.29 Å². The molecule has 2 aromatic carbocycles. The van der Waals surface area contributed by atoms with Crippen molar-refractivity contribution in [2.45, 2.75) is 64.4 Å². The molecule has 4 atom stereocenters. The molecular formula is C29H33NO11. The maximum absolute atomic E-state index is 12.7. The Morgan fingerprint density at radius 2 is 1.83 bits per heavy atom. The van der Waals surface area contributed by atoms with E-state index in [4.69, 9.17) is 28.1 Å². The third kappa shape index (κ3) is 6.14. The quantitative estimate of drug-likeness (QED) is 0.269. The number of aromatic hydroxyl groups is 1. The van der Waals surface area contributed by atoms with Crippen molar-refractivity contribution in [2.24, 2.45) is 0 Å². The Hall–Kier alpha value is -4.13. The van der Waals surface area contributed by atoms with Crippen LogP contribution in [0.15, 0.2) is 51.7 Å². The minimum absolute atomic E-state index is 0.00490. The first-order valence-corrected chi connectivity index (χ1v) is 13.0. The van der Waals surface area contributed by atoms with E-state index >= 15 is 0 Å². The number of nitrogens with one attached hydrogen (secondary N) is 1. The number of carbonyl (C=O) groups is 2. The van der Waals surface area contributed by atoms with Crippen molar-refractivity contribution in [3.63, 3.8) is 0 Å². The fraction of sp³-hybridized carbons (Fsp3) is 0.414. The number of aliphatic hydroxyl groups excluding tert-OH is 1. The van der Waals surface area contributed by atoms with Gasteiger partial charge in [0.15, 0.2) is 17.8 Å². The van der Waals surface area contributed by atoms with E-state index in [9.17, 15) is 24.6 Å². The van der Waals surface area contributed by atoms with E-state index in [1.807, 2.05) is 30.3 Å². The molecule has 41 heavy (non-hydrogen) atoms. The van der Waals surface area contributed by atoms with E-state index in [0.717, 1.165) is 5.56 Å². The number of aryl methyl sites for hydroxylation is 1. The summed E-state index contributed by atoms with van der Waals surface area (Å²) in [6.07, 6.45) is -5.63. The lowest BCUT2D eigenvalue weighted by molar-refractivity contribution is -0.305. The standard InChI is InChI=1S/C29H33NO11/c1-6-37-25(33)19-20(31)17-12-13-18(15(2)22(17)39-26(19)34)38-27-21(32)23(24(36-5)29(3,4)41-27)40-28(35)30-14-16-10-8-7-9-11-16/h7-13,21,23-24,27,31-32H,6,14H2,1-5H3,(H,30,35)/t21-,23-,24-,27-/m1/s1. The Kier molecular flexibility index (Phi) is 8.86. The molecule has 1 aliphatic rings. The first-order valence-electron chi connectivity index (χ1n) is 13.0. The van der Waals surface area contributed by atoms with Crippen molar-refractivity contribution in [1.82, 2.24) is 5.32 Å². The van der Waals surface area contributed by atoms with Crippen molar-refractivity contribution >= 4 is 23.0 Å². The van der Waals surface area contributed by atoms with Crippen LogP contribution in [-0.4, -0.2) is 66.2 Å². The van der Waals surface area contributed by atoms with Gasteiger partial charge >= 0.3 is 17.7 Å². The number of aliphatic hydroxyl groups is 1. The highest BCUT2D eigenvalue weighted by Gasteiger charge is 2.53. The van der Waals surface area contributed by atoms with E-state index in [2.05, 4.69) is 5.32 Å². The zero-order chi connectivity index (χ0) is 29.9. The van der Waals surface area contributed by atoms with Crippen LogP contribution in [0.3, 0.4) is 0 Å². The highest BCUT2D eigenvalue weighted by atomic mass is 16.7. The smallest absolute Gasteiger partial charge is 0.407 e. The molecule has 1 fully saturated rings. The van der Waals surface area contributed by atoms with Crippen LogP contribution in [-0.2, 0) is 25.5 Å².